The lowest BCUT2D eigenvalue weighted by molar-refractivity contribution is -0.143. The number of hydrogen-bond donors (Lipinski definition) is 0. The van der Waals surface area contributed by atoms with Crippen molar-refractivity contribution in [1.82, 2.24) is 9.88 Å². The lowest BCUT2D eigenvalue weighted by Crippen LogP contribution is -2.44. The Hall–Kier alpha value is -3.34. The van der Waals surface area contributed by atoms with Crippen LogP contribution in [0.2, 0.25) is 0 Å². The summed E-state index contributed by atoms with van der Waals surface area (Å²) < 4.78 is 95.5. The Kier molecular flexibility index (Phi) is 8.87. The van der Waals surface area contributed by atoms with E-state index in [1.54, 1.807) is 24.1 Å². The van der Waals surface area contributed by atoms with Gasteiger partial charge in [0.05, 0.1) is 23.0 Å². The van der Waals surface area contributed by atoms with Gasteiger partial charge in [-0.2, -0.15) is 26.3 Å². The zero-order valence-corrected chi connectivity index (χ0v) is 23.4. The van der Waals surface area contributed by atoms with Crippen molar-refractivity contribution in [2.24, 2.45) is 5.92 Å². The summed E-state index contributed by atoms with van der Waals surface area (Å²) >= 11 is 0. The van der Waals surface area contributed by atoms with Crippen LogP contribution < -0.4 is 9.80 Å². The van der Waals surface area contributed by atoms with Crippen LogP contribution >= 0.6 is 0 Å². The molecule has 0 aliphatic carbocycles. The molecule has 4 rings (SSSR count). The lowest BCUT2D eigenvalue weighted by Gasteiger charge is -2.34. The molecule has 3 aromatic rings. The molecule has 0 N–H and O–H groups in total. The molecule has 1 saturated heterocycles. The van der Waals surface area contributed by atoms with Gasteiger partial charge in [0.1, 0.15) is 11.6 Å². The van der Waals surface area contributed by atoms with E-state index in [0.29, 0.717) is 34.7 Å². The number of rotatable bonds is 7. The van der Waals surface area contributed by atoms with Crippen molar-refractivity contribution in [2.45, 2.75) is 39.7 Å². The number of anilines is 2. The number of aryl methyl sites for hydroxylation is 1. The minimum Gasteiger partial charge on any atom is -0.365 e. The van der Waals surface area contributed by atoms with Gasteiger partial charge in [0, 0.05) is 44.8 Å². The molecule has 0 atom stereocenters. The van der Waals surface area contributed by atoms with Crippen molar-refractivity contribution < 1.29 is 30.7 Å². The maximum atomic E-state index is 14.0. The summed E-state index contributed by atoms with van der Waals surface area (Å²) in [5, 5.41) is 0. The van der Waals surface area contributed by atoms with E-state index in [2.05, 4.69) is 14.8 Å². The van der Waals surface area contributed by atoms with E-state index in [1.165, 1.54) is 12.1 Å². The number of alkyl halides is 6. The smallest absolute Gasteiger partial charge is 0.365 e. The van der Waals surface area contributed by atoms with Crippen molar-refractivity contribution in [3.05, 3.63) is 76.7 Å². The molecule has 11 heteroatoms. The third kappa shape index (κ3) is 7.49. The summed E-state index contributed by atoms with van der Waals surface area (Å²) in [7, 11) is 2.03. The molecule has 1 aliphatic heterocycles. The molecule has 2 aromatic carbocycles. The second-order valence-electron chi connectivity index (χ2n) is 11.0. The highest BCUT2D eigenvalue weighted by molar-refractivity contribution is 5.82. The van der Waals surface area contributed by atoms with Crippen LogP contribution in [0.3, 0.4) is 0 Å². The van der Waals surface area contributed by atoms with Gasteiger partial charge in [0.2, 0.25) is 0 Å². The van der Waals surface area contributed by atoms with E-state index in [1.807, 2.05) is 27.0 Å². The predicted octanol–water partition coefficient (Wildman–Crippen LogP) is 7.65. The number of halogens is 7. The number of pyridine rings is 1. The first-order valence-electron chi connectivity index (χ1n) is 13.3. The summed E-state index contributed by atoms with van der Waals surface area (Å²) in [5.74, 6) is 0.301. The van der Waals surface area contributed by atoms with Crippen LogP contribution in [0, 0.1) is 18.7 Å². The Morgan fingerprint density at radius 1 is 0.854 bits per heavy atom. The number of nitrogens with zero attached hydrogens (tertiary/aromatic N) is 4. The van der Waals surface area contributed by atoms with Crippen molar-refractivity contribution in [2.75, 3.05) is 49.6 Å². The average Bonchev–Trinajstić information content (AvgIpc) is 2.87. The molecule has 0 saturated carbocycles. The molecule has 0 radical (unpaired) electrons. The van der Waals surface area contributed by atoms with E-state index >= 15 is 0 Å². The Balaban J connectivity index is 1.84. The molecular formula is C30H33F7N4. The average molecular weight is 583 g/mol. The van der Waals surface area contributed by atoms with E-state index in [4.69, 9.17) is 0 Å². The number of hydrogen-bond acceptors (Lipinski definition) is 4. The van der Waals surface area contributed by atoms with Gasteiger partial charge in [-0.05, 0) is 73.0 Å². The Morgan fingerprint density at radius 3 is 2.00 bits per heavy atom. The van der Waals surface area contributed by atoms with Crippen molar-refractivity contribution in [1.29, 1.82) is 0 Å². The third-order valence-corrected chi connectivity index (χ3v) is 7.12. The highest BCUT2D eigenvalue weighted by Gasteiger charge is 2.37. The molecule has 1 aliphatic rings. The van der Waals surface area contributed by atoms with Crippen molar-refractivity contribution in [3.63, 3.8) is 0 Å². The largest absolute Gasteiger partial charge is 0.416 e. The van der Waals surface area contributed by atoms with Gasteiger partial charge in [-0.3, -0.25) is 0 Å². The minimum absolute atomic E-state index is 0.0161. The molecule has 4 nitrogen and oxygen atoms in total. The Morgan fingerprint density at radius 2 is 1.46 bits per heavy atom. The highest BCUT2D eigenvalue weighted by Crippen LogP contribution is 2.39. The van der Waals surface area contributed by atoms with Gasteiger partial charge in [0.25, 0.3) is 0 Å². The number of piperazine rings is 1. The van der Waals surface area contributed by atoms with Gasteiger partial charge in [0.15, 0.2) is 0 Å². The molecular weight excluding hydrogens is 549 g/mol. The monoisotopic (exact) mass is 582 g/mol. The molecule has 1 aromatic heterocycles. The first-order valence-corrected chi connectivity index (χ1v) is 13.3. The van der Waals surface area contributed by atoms with Crippen molar-refractivity contribution >= 4 is 11.5 Å². The van der Waals surface area contributed by atoms with E-state index in [-0.39, 0.29) is 24.1 Å². The maximum Gasteiger partial charge on any atom is 0.416 e. The topological polar surface area (TPSA) is 22.6 Å². The van der Waals surface area contributed by atoms with Crippen molar-refractivity contribution in [3.8, 4) is 11.1 Å². The molecule has 1 fully saturated rings. The SMILES string of the molecule is Cc1cc(F)ccc1-c1cc(N2CCN(C)CC2)ncc1N(Cc1cc(C(F)(F)F)cc(C(F)(F)F)c1)CC(C)C. The molecule has 41 heavy (non-hydrogen) atoms. The van der Waals surface area contributed by atoms with Gasteiger partial charge in [-0.15, -0.1) is 0 Å². The van der Waals surface area contributed by atoms with Crippen LogP contribution in [-0.2, 0) is 18.9 Å². The van der Waals surface area contributed by atoms with E-state index in [0.717, 1.165) is 38.3 Å². The Bertz CT molecular complexity index is 1330. The zero-order chi connectivity index (χ0) is 30.1. The summed E-state index contributed by atoms with van der Waals surface area (Å²) in [6.45, 7) is 8.86. The molecule has 222 valence electrons. The first kappa shape index (κ1) is 30.6. The van der Waals surface area contributed by atoms with Gasteiger partial charge >= 0.3 is 12.4 Å². The number of aromatic nitrogens is 1. The number of likely N-dealkylation sites (N-methyl/N-ethyl adjacent to an activating group) is 1. The third-order valence-electron chi connectivity index (χ3n) is 7.12. The lowest BCUT2D eigenvalue weighted by atomic mass is 9.98. The predicted molar refractivity (Wildman–Crippen MR) is 146 cm³/mol. The first-order chi connectivity index (χ1) is 19.1. The van der Waals surface area contributed by atoms with Crippen LogP contribution in [0.5, 0.6) is 0 Å². The maximum absolute atomic E-state index is 14.0. The molecule has 0 unspecified atom stereocenters. The minimum atomic E-state index is -4.94. The molecule has 0 spiro atoms. The quantitative estimate of drug-likeness (QED) is 0.267. The summed E-state index contributed by atoms with van der Waals surface area (Å²) in [5.41, 5.74) is -0.280. The second kappa shape index (κ2) is 11.9. The van der Waals surface area contributed by atoms with Crippen LogP contribution in [0.15, 0.2) is 48.7 Å². The van der Waals surface area contributed by atoms with Crippen LogP contribution in [0.4, 0.5) is 42.2 Å². The normalized spacial score (nSPS) is 15.1. The van der Waals surface area contributed by atoms with Gasteiger partial charge in [-0.25, -0.2) is 9.37 Å². The molecule has 0 amide bonds. The fourth-order valence-corrected chi connectivity index (χ4v) is 5.06. The van der Waals surface area contributed by atoms with Crippen LogP contribution in [0.1, 0.15) is 36.1 Å². The second-order valence-corrected chi connectivity index (χ2v) is 11.0. The van der Waals surface area contributed by atoms with Crippen LogP contribution in [-0.4, -0.2) is 49.7 Å². The van der Waals surface area contributed by atoms with E-state index in [9.17, 15) is 30.7 Å². The number of benzene rings is 2. The van der Waals surface area contributed by atoms with E-state index < -0.39 is 29.3 Å². The zero-order valence-electron chi connectivity index (χ0n) is 23.4. The molecule has 2 heterocycles. The fourth-order valence-electron chi connectivity index (χ4n) is 5.06. The van der Waals surface area contributed by atoms with Gasteiger partial charge < -0.3 is 14.7 Å². The van der Waals surface area contributed by atoms with Gasteiger partial charge in [-0.1, -0.05) is 19.9 Å². The fraction of sp³-hybridized carbons (Fsp3) is 0.433. The Labute approximate surface area is 235 Å². The standard InChI is InChI=1S/C30H33F7N4/c1-19(2)17-41(18-21-12-22(29(32,33)34)14-23(13-21)30(35,36)37)27-16-38-28(40-9-7-39(4)8-10-40)15-26(27)25-6-5-24(31)11-20(25)3/h5-6,11-16,19H,7-10,17-18H2,1-4H3. The highest BCUT2D eigenvalue weighted by atomic mass is 19.4. The van der Waals surface area contributed by atoms with Crippen LogP contribution in [0.25, 0.3) is 11.1 Å². The summed E-state index contributed by atoms with van der Waals surface area (Å²) in [6, 6.07) is 7.89. The summed E-state index contributed by atoms with van der Waals surface area (Å²) in [4.78, 5) is 10.8. The summed E-state index contributed by atoms with van der Waals surface area (Å²) in [6.07, 6.45) is -8.27. The molecule has 0 bridgehead atoms.